The molecule has 0 spiro atoms. The summed E-state index contributed by atoms with van der Waals surface area (Å²) in [5.74, 6) is 1.24. The minimum atomic E-state index is -0.131. The standard InChI is InChI=1S/C30H27N3O3S/c1-36-28-11-5-7-22(32-28)18-21-6-4-9-24(31-21)30(35)33-15-14-20-17-27(26(34)16-19-12-13-19)37-29(20)23-8-2-3-10-25(23)33/h2-11,17,19H,12-16,18H2,1H3. The van der Waals surface area contributed by atoms with Gasteiger partial charge in [0.2, 0.25) is 5.88 Å². The molecule has 1 aliphatic carbocycles. The molecule has 4 heterocycles. The van der Waals surface area contributed by atoms with E-state index in [2.05, 4.69) is 11.1 Å². The molecule has 1 aromatic carbocycles. The van der Waals surface area contributed by atoms with Crippen molar-refractivity contribution < 1.29 is 14.3 Å². The summed E-state index contributed by atoms with van der Waals surface area (Å²) in [5, 5.41) is 0. The Kier molecular flexibility index (Phi) is 6.30. The molecule has 1 saturated carbocycles. The van der Waals surface area contributed by atoms with Crippen molar-refractivity contribution in [3.63, 3.8) is 0 Å². The van der Waals surface area contributed by atoms with Gasteiger partial charge in [0, 0.05) is 41.6 Å². The van der Waals surface area contributed by atoms with E-state index in [9.17, 15) is 9.59 Å². The normalized spacial score (nSPS) is 14.5. The molecule has 0 unspecified atom stereocenters. The number of amides is 1. The maximum atomic E-state index is 13.8. The van der Waals surface area contributed by atoms with E-state index in [0.29, 0.717) is 43.3 Å². The average Bonchev–Trinajstić information content (AvgIpc) is 3.67. The summed E-state index contributed by atoms with van der Waals surface area (Å²) in [7, 11) is 1.59. The lowest BCUT2D eigenvalue weighted by Gasteiger charge is -2.23. The van der Waals surface area contributed by atoms with Crippen molar-refractivity contribution in [1.82, 2.24) is 9.97 Å². The van der Waals surface area contributed by atoms with E-state index in [-0.39, 0.29) is 11.7 Å². The lowest BCUT2D eigenvalue weighted by atomic mass is 10.1. The first-order valence-electron chi connectivity index (χ1n) is 12.6. The molecule has 0 atom stereocenters. The Balaban J connectivity index is 1.28. The van der Waals surface area contributed by atoms with Crippen molar-refractivity contribution in [2.75, 3.05) is 18.6 Å². The van der Waals surface area contributed by atoms with Gasteiger partial charge in [-0.1, -0.05) is 30.3 Å². The Labute approximate surface area is 220 Å². The molecule has 2 aliphatic rings. The number of Topliss-reactive ketones (excluding diaryl/α,β-unsaturated/α-hetero) is 1. The molecule has 4 aromatic rings. The Morgan fingerprint density at radius 2 is 1.78 bits per heavy atom. The van der Waals surface area contributed by atoms with Crippen LogP contribution in [0.15, 0.2) is 66.7 Å². The summed E-state index contributed by atoms with van der Waals surface area (Å²) in [6.07, 6.45) is 4.18. The summed E-state index contributed by atoms with van der Waals surface area (Å²) < 4.78 is 5.23. The fourth-order valence-electron chi connectivity index (χ4n) is 4.82. The van der Waals surface area contributed by atoms with E-state index in [1.54, 1.807) is 30.6 Å². The minimum absolute atomic E-state index is 0.131. The molecule has 0 saturated heterocycles. The Morgan fingerprint density at radius 1 is 1.00 bits per heavy atom. The zero-order valence-electron chi connectivity index (χ0n) is 20.6. The molecular weight excluding hydrogens is 482 g/mol. The zero-order chi connectivity index (χ0) is 25.4. The number of para-hydroxylation sites is 1. The molecule has 0 N–H and O–H groups in total. The Bertz CT molecular complexity index is 1490. The number of methoxy groups -OCH3 is 1. The van der Waals surface area contributed by atoms with E-state index in [1.165, 1.54) is 12.8 Å². The summed E-state index contributed by atoms with van der Waals surface area (Å²) in [6.45, 7) is 0.527. The van der Waals surface area contributed by atoms with Gasteiger partial charge in [-0.2, -0.15) is 0 Å². The highest BCUT2D eigenvalue weighted by Crippen LogP contribution is 2.43. The predicted molar refractivity (Wildman–Crippen MR) is 145 cm³/mol. The highest BCUT2D eigenvalue weighted by Gasteiger charge is 2.30. The van der Waals surface area contributed by atoms with Crippen LogP contribution in [0.4, 0.5) is 5.69 Å². The number of pyridine rings is 2. The first-order valence-corrected chi connectivity index (χ1v) is 13.4. The van der Waals surface area contributed by atoms with Crippen LogP contribution in [-0.4, -0.2) is 35.3 Å². The van der Waals surface area contributed by atoms with Crippen molar-refractivity contribution in [2.45, 2.75) is 32.1 Å². The van der Waals surface area contributed by atoms with Gasteiger partial charge in [-0.3, -0.25) is 9.59 Å². The van der Waals surface area contributed by atoms with Crippen LogP contribution in [0.2, 0.25) is 0 Å². The number of carbonyl (C=O) groups excluding carboxylic acids is 2. The van der Waals surface area contributed by atoms with Crippen molar-refractivity contribution >= 4 is 28.7 Å². The number of carbonyl (C=O) groups is 2. The first kappa shape index (κ1) is 23.6. The second kappa shape index (κ2) is 9.90. The number of rotatable bonds is 7. The highest BCUT2D eigenvalue weighted by molar-refractivity contribution is 7.17. The maximum Gasteiger partial charge on any atom is 0.276 e. The fourth-order valence-corrected chi connectivity index (χ4v) is 6.01. The molecule has 7 heteroatoms. The summed E-state index contributed by atoms with van der Waals surface area (Å²) in [4.78, 5) is 39.5. The van der Waals surface area contributed by atoms with Gasteiger partial charge in [0.25, 0.3) is 5.91 Å². The number of aromatic nitrogens is 2. The zero-order valence-corrected chi connectivity index (χ0v) is 21.5. The summed E-state index contributed by atoms with van der Waals surface area (Å²) in [6, 6.07) is 21.2. The van der Waals surface area contributed by atoms with Crippen LogP contribution >= 0.6 is 11.3 Å². The number of thiophene rings is 1. The molecule has 37 heavy (non-hydrogen) atoms. The number of hydrogen-bond acceptors (Lipinski definition) is 6. The maximum absolute atomic E-state index is 13.8. The number of anilines is 1. The number of ether oxygens (including phenoxy) is 1. The molecule has 186 valence electrons. The van der Waals surface area contributed by atoms with Gasteiger partial charge in [-0.05, 0) is 61.1 Å². The van der Waals surface area contributed by atoms with E-state index >= 15 is 0 Å². The van der Waals surface area contributed by atoms with Crippen LogP contribution in [0.3, 0.4) is 0 Å². The molecule has 1 amide bonds. The average molecular weight is 510 g/mol. The highest BCUT2D eigenvalue weighted by atomic mass is 32.1. The lowest BCUT2D eigenvalue weighted by molar-refractivity contribution is 0.0972. The van der Waals surface area contributed by atoms with Crippen LogP contribution in [0, 0.1) is 5.92 Å². The third-order valence-electron chi connectivity index (χ3n) is 6.92. The van der Waals surface area contributed by atoms with E-state index in [0.717, 1.165) is 38.0 Å². The van der Waals surface area contributed by atoms with Crippen molar-refractivity contribution in [1.29, 1.82) is 0 Å². The van der Waals surface area contributed by atoms with Gasteiger partial charge >= 0.3 is 0 Å². The van der Waals surface area contributed by atoms with Gasteiger partial charge in [0.05, 0.1) is 23.4 Å². The molecule has 1 fully saturated rings. The van der Waals surface area contributed by atoms with Gasteiger partial charge in [0.1, 0.15) is 5.69 Å². The van der Waals surface area contributed by atoms with Crippen molar-refractivity contribution in [3.05, 3.63) is 94.3 Å². The molecule has 1 aliphatic heterocycles. The number of hydrogen-bond donors (Lipinski definition) is 0. The van der Waals surface area contributed by atoms with Crippen LogP contribution < -0.4 is 9.64 Å². The quantitative estimate of drug-likeness (QED) is 0.286. The molecule has 6 nitrogen and oxygen atoms in total. The largest absolute Gasteiger partial charge is 0.481 e. The predicted octanol–water partition coefficient (Wildman–Crippen LogP) is 5.99. The number of fused-ring (bicyclic) bond motifs is 3. The van der Waals surface area contributed by atoms with Crippen molar-refractivity contribution in [2.24, 2.45) is 5.92 Å². The number of benzene rings is 1. The molecule has 6 rings (SSSR count). The van der Waals surface area contributed by atoms with Crippen LogP contribution in [0.25, 0.3) is 10.4 Å². The number of nitrogens with zero attached hydrogens (tertiary/aromatic N) is 3. The van der Waals surface area contributed by atoms with Gasteiger partial charge in [-0.15, -0.1) is 11.3 Å². The van der Waals surface area contributed by atoms with Gasteiger partial charge < -0.3 is 9.64 Å². The van der Waals surface area contributed by atoms with Crippen LogP contribution in [-0.2, 0) is 12.8 Å². The molecule has 3 aromatic heterocycles. The Morgan fingerprint density at radius 3 is 2.59 bits per heavy atom. The third kappa shape index (κ3) is 4.91. The smallest absolute Gasteiger partial charge is 0.276 e. The van der Waals surface area contributed by atoms with Crippen LogP contribution in [0.5, 0.6) is 5.88 Å². The second-order valence-corrected chi connectivity index (χ2v) is 10.7. The van der Waals surface area contributed by atoms with Crippen LogP contribution in [0.1, 0.15) is 56.4 Å². The van der Waals surface area contributed by atoms with E-state index in [1.807, 2.05) is 53.4 Å². The van der Waals surface area contributed by atoms with Gasteiger partial charge in [0.15, 0.2) is 5.78 Å². The molecule has 0 radical (unpaired) electrons. The first-order chi connectivity index (χ1) is 18.1. The summed E-state index contributed by atoms with van der Waals surface area (Å²) >= 11 is 1.57. The van der Waals surface area contributed by atoms with E-state index in [4.69, 9.17) is 9.72 Å². The monoisotopic (exact) mass is 509 g/mol. The summed E-state index contributed by atoms with van der Waals surface area (Å²) in [5.41, 5.74) is 4.99. The molecular formula is C30H27N3O3S. The molecule has 0 bridgehead atoms. The lowest BCUT2D eigenvalue weighted by Crippen LogP contribution is -2.33. The fraction of sp³-hybridized carbons (Fsp3) is 0.267. The minimum Gasteiger partial charge on any atom is -0.481 e. The SMILES string of the molecule is COc1cccc(Cc2cccc(C(=O)N3CCc4cc(C(=O)CC5CC5)sc4-c4ccccc43)n2)n1. The Hall–Kier alpha value is -3.84. The number of ketones is 1. The van der Waals surface area contributed by atoms with E-state index < -0.39 is 0 Å². The van der Waals surface area contributed by atoms with Crippen molar-refractivity contribution in [3.8, 4) is 16.3 Å². The van der Waals surface area contributed by atoms with Gasteiger partial charge in [-0.25, -0.2) is 9.97 Å². The second-order valence-electron chi connectivity index (χ2n) is 9.62. The topological polar surface area (TPSA) is 72.4 Å². The third-order valence-corrected chi connectivity index (χ3v) is 8.17.